The summed E-state index contributed by atoms with van der Waals surface area (Å²) in [6, 6.07) is 0. The molecule has 0 radical (unpaired) electrons. The van der Waals surface area contributed by atoms with E-state index in [9.17, 15) is 4.79 Å². The average molecular weight is 224 g/mol. The maximum Gasteiger partial charge on any atom is 0.333 e. The topological polar surface area (TPSA) is 26.3 Å². The highest BCUT2D eigenvalue weighted by Gasteiger charge is 2.05. The highest BCUT2D eigenvalue weighted by Crippen LogP contribution is 2.05. The first kappa shape index (κ1) is 14.9. The van der Waals surface area contributed by atoms with Gasteiger partial charge in [-0.25, -0.2) is 4.79 Å². The second-order valence-corrected chi connectivity index (χ2v) is 3.69. The molecule has 92 valence electrons. The number of carbonyl (C=O) groups is 1. The maximum atomic E-state index is 11.4. The van der Waals surface area contributed by atoms with E-state index in [4.69, 9.17) is 4.74 Å². The van der Waals surface area contributed by atoms with Gasteiger partial charge in [-0.05, 0) is 26.2 Å². The molecule has 0 N–H and O–H groups in total. The lowest BCUT2D eigenvalue weighted by molar-refractivity contribution is -0.138. The number of allylic oxidation sites excluding steroid dienone is 3. The van der Waals surface area contributed by atoms with Crippen LogP contribution >= 0.6 is 0 Å². The summed E-state index contributed by atoms with van der Waals surface area (Å²) in [5.74, 6) is -0.191. The van der Waals surface area contributed by atoms with Crippen LogP contribution in [0.25, 0.3) is 0 Å². The third-order valence-corrected chi connectivity index (χ3v) is 2.33. The Morgan fingerprint density at radius 1 is 1.19 bits per heavy atom. The van der Waals surface area contributed by atoms with E-state index in [1.165, 1.54) is 19.3 Å². The molecule has 2 heteroatoms. The van der Waals surface area contributed by atoms with Crippen molar-refractivity contribution >= 4 is 5.97 Å². The van der Waals surface area contributed by atoms with Crippen molar-refractivity contribution in [1.29, 1.82) is 0 Å². The number of carbonyl (C=O) groups excluding carboxylic acids is 1. The molecule has 2 nitrogen and oxygen atoms in total. The predicted octanol–water partition coefficient (Wildman–Crippen LogP) is 4.02. The molecule has 0 aromatic carbocycles. The van der Waals surface area contributed by atoms with Gasteiger partial charge in [-0.3, -0.25) is 0 Å². The van der Waals surface area contributed by atoms with Gasteiger partial charge in [0.2, 0.25) is 0 Å². The van der Waals surface area contributed by atoms with Crippen LogP contribution in [0.5, 0.6) is 0 Å². The zero-order valence-corrected chi connectivity index (χ0v) is 10.8. The normalized spacial score (nSPS) is 12.1. The Hall–Kier alpha value is -1.05. The standard InChI is InChI=1S/C14H24O2/c1-4-7-8-9-10-11-12-13(5-2)14(15)16-6-3/h10-12H,4-9H2,1-3H3/b11-10+,13-12+. The zero-order chi connectivity index (χ0) is 12.2. The van der Waals surface area contributed by atoms with Gasteiger partial charge in [0.25, 0.3) is 0 Å². The van der Waals surface area contributed by atoms with Crippen LogP contribution in [-0.2, 0) is 9.53 Å². The van der Waals surface area contributed by atoms with Gasteiger partial charge in [0, 0.05) is 5.57 Å². The van der Waals surface area contributed by atoms with Crippen LogP contribution < -0.4 is 0 Å². The summed E-state index contributed by atoms with van der Waals surface area (Å²) in [6.07, 6.45) is 11.5. The molecule has 0 atom stereocenters. The van der Waals surface area contributed by atoms with Crippen LogP contribution in [0.1, 0.15) is 52.9 Å². The molecule has 0 heterocycles. The first-order valence-corrected chi connectivity index (χ1v) is 6.29. The van der Waals surface area contributed by atoms with Crippen molar-refractivity contribution in [3.8, 4) is 0 Å². The Kier molecular flexibility index (Phi) is 9.78. The summed E-state index contributed by atoms with van der Waals surface area (Å²) in [5, 5.41) is 0. The monoisotopic (exact) mass is 224 g/mol. The van der Waals surface area contributed by atoms with Gasteiger partial charge >= 0.3 is 5.97 Å². The minimum Gasteiger partial charge on any atom is -0.463 e. The van der Waals surface area contributed by atoms with E-state index < -0.39 is 0 Å². The van der Waals surface area contributed by atoms with Crippen molar-refractivity contribution in [2.24, 2.45) is 0 Å². The second kappa shape index (κ2) is 10.5. The fraction of sp³-hybridized carbons (Fsp3) is 0.643. The molecule has 0 aliphatic carbocycles. The first-order valence-electron chi connectivity index (χ1n) is 6.29. The summed E-state index contributed by atoms with van der Waals surface area (Å²) < 4.78 is 4.95. The lowest BCUT2D eigenvalue weighted by Gasteiger charge is -2.02. The van der Waals surface area contributed by atoms with Gasteiger partial charge < -0.3 is 4.74 Å². The molecular weight excluding hydrogens is 200 g/mol. The molecule has 0 saturated heterocycles. The molecule has 16 heavy (non-hydrogen) atoms. The van der Waals surface area contributed by atoms with Crippen LogP contribution in [0.15, 0.2) is 23.8 Å². The SMILES string of the molecule is CCCCC/C=C/C=C(\CC)C(=O)OCC. The highest BCUT2D eigenvalue weighted by molar-refractivity contribution is 5.88. The fourth-order valence-electron chi connectivity index (χ4n) is 1.35. The van der Waals surface area contributed by atoms with Gasteiger partial charge in [-0.15, -0.1) is 0 Å². The molecule has 0 aromatic heterocycles. The minimum absolute atomic E-state index is 0.191. The predicted molar refractivity (Wildman–Crippen MR) is 68.3 cm³/mol. The molecule has 0 saturated carbocycles. The first-order chi connectivity index (χ1) is 7.76. The van der Waals surface area contributed by atoms with Gasteiger partial charge in [0.05, 0.1) is 6.61 Å². The number of rotatable bonds is 8. The minimum atomic E-state index is -0.191. The van der Waals surface area contributed by atoms with E-state index in [2.05, 4.69) is 13.0 Å². The number of ether oxygens (including phenoxy) is 1. The average Bonchev–Trinajstić information content (AvgIpc) is 2.28. The van der Waals surface area contributed by atoms with Crippen LogP contribution in [-0.4, -0.2) is 12.6 Å². The fourth-order valence-corrected chi connectivity index (χ4v) is 1.35. The number of unbranched alkanes of at least 4 members (excludes halogenated alkanes) is 3. The van der Waals surface area contributed by atoms with Crippen molar-refractivity contribution in [3.05, 3.63) is 23.8 Å². The Balaban J connectivity index is 4.00. The molecule has 0 amide bonds. The smallest absolute Gasteiger partial charge is 0.333 e. The van der Waals surface area contributed by atoms with Crippen LogP contribution in [0.3, 0.4) is 0 Å². The van der Waals surface area contributed by atoms with Gasteiger partial charge in [0.15, 0.2) is 0 Å². The summed E-state index contributed by atoms with van der Waals surface area (Å²) >= 11 is 0. The van der Waals surface area contributed by atoms with Crippen LogP contribution in [0, 0.1) is 0 Å². The lowest BCUT2D eigenvalue weighted by Crippen LogP contribution is -2.06. The highest BCUT2D eigenvalue weighted by atomic mass is 16.5. The van der Waals surface area contributed by atoms with E-state index in [1.807, 2.05) is 26.0 Å². The molecule has 0 bridgehead atoms. The van der Waals surface area contributed by atoms with Gasteiger partial charge in [0.1, 0.15) is 0 Å². The lowest BCUT2D eigenvalue weighted by atomic mass is 10.1. The summed E-state index contributed by atoms with van der Waals surface area (Å²) in [4.78, 5) is 11.4. The molecule has 0 fully saturated rings. The quantitative estimate of drug-likeness (QED) is 0.269. The summed E-state index contributed by atoms with van der Waals surface area (Å²) in [5.41, 5.74) is 0.744. The van der Waals surface area contributed by atoms with Crippen molar-refractivity contribution in [2.45, 2.75) is 52.9 Å². The third kappa shape index (κ3) is 7.27. The van der Waals surface area contributed by atoms with Crippen molar-refractivity contribution < 1.29 is 9.53 Å². The number of esters is 1. The second-order valence-electron chi connectivity index (χ2n) is 3.69. The zero-order valence-electron chi connectivity index (χ0n) is 10.8. The van der Waals surface area contributed by atoms with Crippen molar-refractivity contribution in [3.63, 3.8) is 0 Å². The third-order valence-electron chi connectivity index (χ3n) is 2.33. The number of hydrogen-bond acceptors (Lipinski definition) is 2. The molecule has 0 aliphatic heterocycles. The molecule has 0 aliphatic rings. The van der Waals surface area contributed by atoms with Crippen molar-refractivity contribution in [1.82, 2.24) is 0 Å². The van der Waals surface area contributed by atoms with E-state index in [0.29, 0.717) is 6.61 Å². The van der Waals surface area contributed by atoms with E-state index in [0.717, 1.165) is 18.4 Å². The Morgan fingerprint density at radius 2 is 1.94 bits per heavy atom. The maximum absolute atomic E-state index is 11.4. The van der Waals surface area contributed by atoms with E-state index in [-0.39, 0.29) is 5.97 Å². The summed E-state index contributed by atoms with van der Waals surface area (Å²) in [6.45, 7) is 6.43. The van der Waals surface area contributed by atoms with E-state index in [1.54, 1.807) is 0 Å². The molecule has 0 rings (SSSR count). The van der Waals surface area contributed by atoms with Crippen LogP contribution in [0.2, 0.25) is 0 Å². The van der Waals surface area contributed by atoms with Gasteiger partial charge in [-0.1, -0.05) is 44.9 Å². The Labute approximate surface area is 99.4 Å². The summed E-state index contributed by atoms with van der Waals surface area (Å²) in [7, 11) is 0. The van der Waals surface area contributed by atoms with Gasteiger partial charge in [-0.2, -0.15) is 0 Å². The van der Waals surface area contributed by atoms with Crippen LogP contribution in [0.4, 0.5) is 0 Å². The molecule has 0 unspecified atom stereocenters. The molecule has 0 spiro atoms. The Bertz CT molecular complexity index is 239. The number of hydrogen-bond donors (Lipinski definition) is 0. The van der Waals surface area contributed by atoms with Crippen molar-refractivity contribution in [2.75, 3.05) is 6.61 Å². The molecule has 0 aromatic rings. The largest absolute Gasteiger partial charge is 0.463 e. The Morgan fingerprint density at radius 3 is 2.50 bits per heavy atom. The molecular formula is C14H24O2. The van der Waals surface area contributed by atoms with E-state index >= 15 is 0 Å².